The molecule has 20 heavy (non-hydrogen) atoms. The first-order valence-corrected chi connectivity index (χ1v) is 6.27. The highest BCUT2D eigenvalue weighted by Crippen LogP contribution is 2.18. The van der Waals surface area contributed by atoms with Crippen LogP contribution in [0.1, 0.15) is 16.1 Å². The predicted octanol–water partition coefficient (Wildman–Crippen LogP) is 2.48. The smallest absolute Gasteiger partial charge is 0.192 e. The van der Waals surface area contributed by atoms with Crippen molar-refractivity contribution in [1.82, 2.24) is 9.88 Å². The summed E-state index contributed by atoms with van der Waals surface area (Å²) < 4.78 is 18.4. The van der Waals surface area contributed by atoms with Crippen LogP contribution in [0.3, 0.4) is 0 Å². The molecule has 1 N–H and O–H groups in total. The van der Waals surface area contributed by atoms with Crippen LogP contribution in [0.2, 0.25) is 0 Å². The van der Waals surface area contributed by atoms with Gasteiger partial charge in [-0.25, -0.2) is 4.39 Å². The summed E-state index contributed by atoms with van der Waals surface area (Å²) in [5.74, 6) is -0.167. The van der Waals surface area contributed by atoms with Gasteiger partial charge in [-0.15, -0.1) is 0 Å². The molecule has 0 radical (unpaired) electrons. The molecule has 0 unspecified atom stereocenters. The highest BCUT2D eigenvalue weighted by Gasteiger charge is 2.11. The van der Waals surface area contributed by atoms with Crippen LogP contribution in [0.5, 0.6) is 5.75 Å². The van der Waals surface area contributed by atoms with Gasteiger partial charge in [-0.2, -0.15) is 0 Å². The van der Waals surface area contributed by atoms with Crippen LogP contribution in [-0.4, -0.2) is 36.4 Å². The summed E-state index contributed by atoms with van der Waals surface area (Å²) in [7, 11) is 3.25. The highest BCUT2D eigenvalue weighted by molar-refractivity contribution is 5.95. The van der Waals surface area contributed by atoms with E-state index in [9.17, 15) is 9.18 Å². The minimum absolute atomic E-state index is 0.00600. The van der Waals surface area contributed by atoms with Crippen molar-refractivity contribution in [2.24, 2.45) is 0 Å². The van der Waals surface area contributed by atoms with Crippen LogP contribution in [-0.2, 0) is 6.54 Å². The fourth-order valence-electron chi connectivity index (χ4n) is 2.01. The Balaban J connectivity index is 1.96. The maximum absolute atomic E-state index is 13.6. The minimum atomic E-state index is -0.394. The Kier molecular flexibility index (Phi) is 4.53. The lowest BCUT2D eigenvalue weighted by atomic mass is 10.2. The van der Waals surface area contributed by atoms with Gasteiger partial charge in [0.25, 0.3) is 0 Å². The Bertz CT molecular complexity index is 582. The summed E-state index contributed by atoms with van der Waals surface area (Å²) in [5.41, 5.74) is 1.38. The van der Waals surface area contributed by atoms with Crippen LogP contribution < -0.4 is 4.74 Å². The number of hydrogen-bond acceptors (Lipinski definition) is 3. The van der Waals surface area contributed by atoms with E-state index in [2.05, 4.69) is 4.98 Å². The van der Waals surface area contributed by atoms with Crippen LogP contribution in [0.4, 0.5) is 4.39 Å². The van der Waals surface area contributed by atoms with Gasteiger partial charge >= 0.3 is 0 Å². The van der Waals surface area contributed by atoms with Gasteiger partial charge in [0.05, 0.1) is 19.3 Å². The number of halogens is 1. The number of benzene rings is 1. The van der Waals surface area contributed by atoms with E-state index in [-0.39, 0.29) is 18.1 Å². The minimum Gasteiger partial charge on any atom is -0.494 e. The van der Waals surface area contributed by atoms with Gasteiger partial charge in [0, 0.05) is 12.7 Å². The first-order valence-electron chi connectivity index (χ1n) is 6.27. The first kappa shape index (κ1) is 14.3. The van der Waals surface area contributed by atoms with E-state index in [1.807, 2.05) is 11.9 Å². The molecule has 1 aromatic carbocycles. The van der Waals surface area contributed by atoms with E-state index in [1.165, 1.54) is 13.2 Å². The third-order valence-electron chi connectivity index (χ3n) is 2.98. The van der Waals surface area contributed by atoms with Crippen LogP contribution in [0.15, 0.2) is 36.5 Å². The van der Waals surface area contributed by atoms with Crippen LogP contribution in [0, 0.1) is 5.82 Å². The average Bonchev–Trinajstić information content (AvgIpc) is 2.92. The van der Waals surface area contributed by atoms with Crippen molar-refractivity contribution in [3.63, 3.8) is 0 Å². The summed E-state index contributed by atoms with van der Waals surface area (Å²) in [4.78, 5) is 16.6. The van der Waals surface area contributed by atoms with Crippen molar-refractivity contribution in [2.45, 2.75) is 6.54 Å². The number of H-pyrrole nitrogens is 1. The number of rotatable bonds is 6. The Hall–Kier alpha value is -2.14. The van der Waals surface area contributed by atoms with Gasteiger partial charge in [0.1, 0.15) is 0 Å². The number of hydrogen-bond donors (Lipinski definition) is 1. The lowest BCUT2D eigenvalue weighted by Gasteiger charge is -2.16. The molecule has 0 atom stereocenters. The van der Waals surface area contributed by atoms with Crippen molar-refractivity contribution in [3.05, 3.63) is 53.6 Å². The number of carbonyl (C=O) groups excluding carboxylic acids is 1. The second kappa shape index (κ2) is 6.34. The number of Topliss-reactive ketones (excluding diaryl/α,β-unsaturated/α-hetero) is 1. The molecule has 5 heteroatoms. The maximum Gasteiger partial charge on any atom is 0.192 e. The van der Waals surface area contributed by atoms with Crippen molar-refractivity contribution in [1.29, 1.82) is 0 Å². The van der Waals surface area contributed by atoms with Crippen molar-refractivity contribution in [2.75, 3.05) is 20.7 Å². The zero-order chi connectivity index (χ0) is 14.5. The number of ether oxygens (including phenoxy) is 1. The molecule has 0 amide bonds. The number of nitrogens with zero attached hydrogens (tertiary/aromatic N) is 1. The summed E-state index contributed by atoms with van der Waals surface area (Å²) in [5, 5.41) is 0. The third kappa shape index (κ3) is 3.45. The Morgan fingerprint density at radius 2 is 2.20 bits per heavy atom. The monoisotopic (exact) mass is 276 g/mol. The lowest BCUT2D eigenvalue weighted by molar-refractivity contribution is 0.0938. The number of nitrogens with one attached hydrogen (secondary N) is 1. The Morgan fingerprint density at radius 1 is 1.40 bits per heavy atom. The SMILES string of the molecule is COc1ccc(CN(C)CC(=O)c2ccc[nH]2)cc1F. The molecule has 1 heterocycles. The van der Waals surface area contributed by atoms with Gasteiger partial charge in [-0.3, -0.25) is 9.69 Å². The van der Waals surface area contributed by atoms with Crippen LogP contribution in [0.25, 0.3) is 0 Å². The molecule has 0 aliphatic heterocycles. The molecule has 0 spiro atoms. The normalized spacial score (nSPS) is 10.8. The number of likely N-dealkylation sites (N-methyl/N-ethyl adjacent to an activating group) is 1. The van der Waals surface area contributed by atoms with E-state index in [0.717, 1.165) is 5.56 Å². The zero-order valence-electron chi connectivity index (χ0n) is 11.5. The summed E-state index contributed by atoms with van der Waals surface area (Å²) in [6.45, 7) is 0.765. The second-order valence-electron chi connectivity index (χ2n) is 4.65. The number of aromatic nitrogens is 1. The summed E-state index contributed by atoms with van der Waals surface area (Å²) in [6, 6.07) is 8.33. The number of ketones is 1. The molecule has 0 fully saturated rings. The summed E-state index contributed by atoms with van der Waals surface area (Å²) >= 11 is 0. The molecule has 0 aliphatic carbocycles. The quantitative estimate of drug-likeness (QED) is 0.824. The summed E-state index contributed by atoms with van der Waals surface area (Å²) in [6.07, 6.45) is 1.71. The standard InChI is InChI=1S/C15H17FN2O2/c1-18(10-14(19)13-4-3-7-17-13)9-11-5-6-15(20-2)12(16)8-11/h3-8,17H,9-10H2,1-2H3. The van der Waals surface area contributed by atoms with Gasteiger partial charge in [0.15, 0.2) is 17.3 Å². The highest BCUT2D eigenvalue weighted by atomic mass is 19.1. The fourth-order valence-corrected chi connectivity index (χ4v) is 2.01. The van der Waals surface area contributed by atoms with Crippen LogP contribution >= 0.6 is 0 Å². The molecule has 4 nitrogen and oxygen atoms in total. The zero-order valence-corrected chi connectivity index (χ0v) is 11.5. The maximum atomic E-state index is 13.6. The molecular weight excluding hydrogens is 259 g/mol. The van der Waals surface area contributed by atoms with Gasteiger partial charge < -0.3 is 9.72 Å². The molecule has 1 aromatic heterocycles. The predicted molar refractivity (Wildman–Crippen MR) is 74.4 cm³/mol. The number of methoxy groups -OCH3 is 1. The average molecular weight is 276 g/mol. The van der Waals surface area contributed by atoms with E-state index < -0.39 is 5.82 Å². The van der Waals surface area contributed by atoms with Crippen molar-refractivity contribution in [3.8, 4) is 5.75 Å². The second-order valence-corrected chi connectivity index (χ2v) is 4.65. The van der Waals surface area contributed by atoms with E-state index >= 15 is 0 Å². The van der Waals surface area contributed by atoms with E-state index in [0.29, 0.717) is 12.2 Å². The molecule has 0 saturated heterocycles. The first-order chi connectivity index (χ1) is 9.60. The molecule has 2 aromatic rings. The largest absolute Gasteiger partial charge is 0.494 e. The number of aromatic amines is 1. The topological polar surface area (TPSA) is 45.3 Å². The molecule has 0 aliphatic rings. The van der Waals surface area contributed by atoms with Crippen molar-refractivity contribution >= 4 is 5.78 Å². The van der Waals surface area contributed by atoms with Gasteiger partial charge in [0.2, 0.25) is 0 Å². The van der Waals surface area contributed by atoms with E-state index in [4.69, 9.17) is 4.74 Å². The Morgan fingerprint density at radius 3 is 2.80 bits per heavy atom. The number of carbonyl (C=O) groups is 1. The fraction of sp³-hybridized carbons (Fsp3) is 0.267. The van der Waals surface area contributed by atoms with Gasteiger partial charge in [-0.1, -0.05) is 6.07 Å². The Labute approximate surface area is 117 Å². The molecule has 2 rings (SSSR count). The molecular formula is C15H17FN2O2. The molecule has 106 valence electrons. The molecule has 0 bridgehead atoms. The third-order valence-corrected chi connectivity index (χ3v) is 2.98. The molecule has 0 saturated carbocycles. The van der Waals surface area contributed by atoms with E-state index in [1.54, 1.807) is 30.5 Å². The van der Waals surface area contributed by atoms with Crippen molar-refractivity contribution < 1.29 is 13.9 Å². The lowest BCUT2D eigenvalue weighted by Crippen LogP contribution is -2.25. The van der Waals surface area contributed by atoms with Gasteiger partial charge in [-0.05, 0) is 36.9 Å².